The van der Waals surface area contributed by atoms with Gasteiger partial charge in [0.25, 0.3) is 0 Å². The topological polar surface area (TPSA) is 75.3 Å². The smallest absolute Gasteiger partial charge is 0.230 e. The SMILES string of the molecule is CCCC(C)C(=O)Nc1ccc(CC2CC(=O)NC2=O)cc1. The number of hydrogen-bond donors (Lipinski definition) is 2. The molecule has 1 aromatic rings. The van der Waals surface area contributed by atoms with Crippen LogP contribution in [0.1, 0.15) is 38.7 Å². The minimum Gasteiger partial charge on any atom is -0.326 e. The molecule has 0 aromatic heterocycles. The highest BCUT2D eigenvalue weighted by Gasteiger charge is 2.30. The van der Waals surface area contributed by atoms with E-state index in [2.05, 4.69) is 17.6 Å². The molecule has 1 fully saturated rings. The van der Waals surface area contributed by atoms with Gasteiger partial charge in [0, 0.05) is 18.0 Å². The van der Waals surface area contributed by atoms with E-state index in [0.29, 0.717) is 6.42 Å². The van der Waals surface area contributed by atoms with Crippen LogP contribution in [0.15, 0.2) is 24.3 Å². The van der Waals surface area contributed by atoms with Crippen molar-refractivity contribution >= 4 is 23.4 Å². The number of amides is 3. The minimum absolute atomic E-state index is 0.00197. The van der Waals surface area contributed by atoms with Crippen molar-refractivity contribution < 1.29 is 14.4 Å². The van der Waals surface area contributed by atoms with E-state index in [1.807, 2.05) is 31.2 Å². The summed E-state index contributed by atoms with van der Waals surface area (Å²) in [6.07, 6.45) is 2.65. The highest BCUT2D eigenvalue weighted by atomic mass is 16.2. The Balaban J connectivity index is 1.91. The molecule has 118 valence electrons. The first-order chi connectivity index (χ1) is 10.5. The van der Waals surface area contributed by atoms with Crippen LogP contribution < -0.4 is 10.6 Å². The van der Waals surface area contributed by atoms with Gasteiger partial charge in [0.2, 0.25) is 17.7 Å². The monoisotopic (exact) mass is 302 g/mol. The zero-order chi connectivity index (χ0) is 16.1. The van der Waals surface area contributed by atoms with E-state index in [9.17, 15) is 14.4 Å². The van der Waals surface area contributed by atoms with Crippen molar-refractivity contribution in [3.8, 4) is 0 Å². The van der Waals surface area contributed by atoms with Crippen LogP contribution in [-0.4, -0.2) is 17.7 Å². The molecule has 0 spiro atoms. The number of hydrogen-bond acceptors (Lipinski definition) is 3. The Bertz CT molecular complexity index is 566. The number of carbonyl (C=O) groups is 3. The molecule has 0 saturated carbocycles. The first kappa shape index (κ1) is 16.2. The Hall–Kier alpha value is -2.17. The van der Waals surface area contributed by atoms with Crippen LogP contribution in [0.2, 0.25) is 0 Å². The van der Waals surface area contributed by atoms with Gasteiger partial charge < -0.3 is 5.32 Å². The molecule has 5 nitrogen and oxygen atoms in total. The summed E-state index contributed by atoms with van der Waals surface area (Å²) >= 11 is 0. The van der Waals surface area contributed by atoms with Crippen molar-refractivity contribution in [1.29, 1.82) is 0 Å². The summed E-state index contributed by atoms with van der Waals surface area (Å²) in [6, 6.07) is 7.44. The largest absolute Gasteiger partial charge is 0.326 e. The van der Waals surface area contributed by atoms with Gasteiger partial charge in [0.15, 0.2) is 0 Å². The molecule has 5 heteroatoms. The summed E-state index contributed by atoms with van der Waals surface area (Å²) in [5.74, 6) is -0.662. The van der Waals surface area contributed by atoms with Crippen molar-refractivity contribution in [3.63, 3.8) is 0 Å². The first-order valence-electron chi connectivity index (χ1n) is 7.73. The molecule has 0 aliphatic carbocycles. The fraction of sp³-hybridized carbons (Fsp3) is 0.471. The Morgan fingerprint density at radius 3 is 2.55 bits per heavy atom. The maximum atomic E-state index is 11.9. The number of rotatable bonds is 6. The molecule has 1 aliphatic rings. The van der Waals surface area contributed by atoms with Gasteiger partial charge in [-0.05, 0) is 30.5 Å². The molecular formula is C17H22N2O3. The molecule has 0 bridgehead atoms. The van der Waals surface area contributed by atoms with Crippen LogP contribution >= 0.6 is 0 Å². The fourth-order valence-corrected chi connectivity index (χ4v) is 2.61. The molecule has 2 unspecified atom stereocenters. The number of carbonyl (C=O) groups excluding carboxylic acids is 3. The molecule has 2 N–H and O–H groups in total. The van der Waals surface area contributed by atoms with Crippen LogP contribution in [0, 0.1) is 11.8 Å². The average Bonchev–Trinajstić information content (AvgIpc) is 2.79. The average molecular weight is 302 g/mol. The molecule has 1 saturated heterocycles. The second-order valence-electron chi connectivity index (χ2n) is 5.89. The number of benzene rings is 1. The summed E-state index contributed by atoms with van der Waals surface area (Å²) in [5.41, 5.74) is 1.73. The van der Waals surface area contributed by atoms with E-state index in [4.69, 9.17) is 0 Å². The molecule has 0 radical (unpaired) electrons. The van der Waals surface area contributed by atoms with Crippen molar-refractivity contribution in [2.24, 2.45) is 11.8 Å². The van der Waals surface area contributed by atoms with Gasteiger partial charge in [-0.3, -0.25) is 19.7 Å². The molecule has 3 amide bonds. The zero-order valence-electron chi connectivity index (χ0n) is 13.0. The molecule has 2 rings (SSSR count). The van der Waals surface area contributed by atoms with Crippen LogP contribution in [-0.2, 0) is 20.8 Å². The molecule has 1 heterocycles. The third-order valence-electron chi connectivity index (χ3n) is 3.94. The lowest BCUT2D eigenvalue weighted by Crippen LogP contribution is -2.22. The highest BCUT2D eigenvalue weighted by Crippen LogP contribution is 2.19. The second kappa shape index (κ2) is 7.20. The van der Waals surface area contributed by atoms with E-state index < -0.39 is 0 Å². The standard InChI is InChI=1S/C17H22N2O3/c1-3-4-11(2)16(21)18-14-7-5-12(6-8-14)9-13-10-15(20)19-17(13)22/h5-8,11,13H,3-4,9-10H2,1-2H3,(H,18,21)(H,19,20,22). The molecule has 22 heavy (non-hydrogen) atoms. The van der Waals surface area contributed by atoms with Gasteiger partial charge in [0.05, 0.1) is 5.92 Å². The minimum atomic E-state index is -0.280. The van der Waals surface area contributed by atoms with E-state index in [0.717, 1.165) is 24.1 Å². The highest BCUT2D eigenvalue weighted by molar-refractivity contribution is 6.03. The van der Waals surface area contributed by atoms with Gasteiger partial charge in [-0.2, -0.15) is 0 Å². The quantitative estimate of drug-likeness (QED) is 0.792. The Morgan fingerprint density at radius 1 is 1.32 bits per heavy atom. The van der Waals surface area contributed by atoms with Crippen molar-refractivity contribution in [1.82, 2.24) is 5.32 Å². The van der Waals surface area contributed by atoms with Gasteiger partial charge >= 0.3 is 0 Å². The second-order valence-corrected chi connectivity index (χ2v) is 5.89. The summed E-state index contributed by atoms with van der Waals surface area (Å²) in [7, 11) is 0. The van der Waals surface area contributed by atoms with Crippen molar-refractivity contribution in [3.05, 3.63) is 29.8 Å². The number of anilines is 1. The lowest BCUT2D eigenvalue weighted by atomic mass is 9.98. The number of imide groups is 1. The maximum Gasteiger partial charge on any atom is 0.230 e. The van der Waals surface area contributed by atoms with Gasteiger partial charge in [-0.15, -0.1) is 0 Å². The van der Waals surface area contributed by atoms with Crippen molar-refractivity contribution in [2.45, 2.75) is 39.5 Å². The van der Waals surface area contributed by atoms with Crippen LogP contribution in [0.25, 0.3) is 0 Å². The number of nitrogens with one attached hydrogen (secondary N) is 2. The first-order valence-corrected chi connectivity index (χ1v) is 7.73. The normalized spacial score (nSPS) is 18.9. The van der Waals surface area contributed by atoms with E-state index in [1.54, 1.807) is 0 Å². The molecule has 1 aromatic carbocycles. The Kier molecular flexibility index (Phi) is 5.31. The summed E-state index contributed by atoms with van der Waals surface area (Å²) in [4.78, 5) is 34.7. The summed E-state index contributed by atoms with van der Waals surface area (Å²) < 4.78 is 0. The summed E-state index contributed by atoms with van der Waals surface area (Å²) in [5, 5.41) is 5.20. The van der Waals surface area contributed by atoms with Crippen molar-refractivity contribution in [2.75, 3.05) is 5.32 Å². The third-order valence-corrected chi connectivity index (χ3v) is 3.94. The maximum absolute atomic E-state index is 11.9. The van der Waals surface area contributed by atoms with Crippen LogP contribution in [0.5, 0.6) is 0 Å². The molecular weight excluding hydrogens is 280 g/mol. The lowest BCUT2D eigenvalue weighted by Gasteiger charge is -2.12. The zero-order valence-corrected chi connectivity index (χ0v) is 13.0. The van der Waals surface area contributed by atoms with E-state index >= 15 is 0 Å². The van der Waals surface area contributed by atoms with Gasteiger partial charge in [0.1, 0.15) is 0 Å². The fourth-order valence-electron chi connectivity index (χ4n) is 2.61. The third kappa shape index (κ3) is 4.16. The molecule has 1 aliphatic heterocycles. The molecule has 2 atom stereocenters. The van der Waals surface area contributed by atoms with Crippen LogP contribution in [0.3, 0.4) is 0 Å². The Labute approximate surface area is 130 Å². The predicted molar refractivity (Wildman–Crippen MR) is 84.1 cm³/mol. The summed E-state index contributed by atoms with van der Waals surface area (Å²) in [6.45, 7) is 3.98. The Morgan fingerprint density at radius 2 is 2.00 bits per heavy atom. The lowest BCUT2D eigenvalue weighted by molar-refractivity contribution is -0.126. The van der Waals surface area contributed by atoms with Gasteiger partial charge in [-0.1, -0.05) is 32.4 Å². The van der Waals surface area contributed by atoms with Gasteiger partial charge in [-0.25, -0.2) is 0 Å². The van der Waals surface area contributed by atoms with Crippen LogP contribution in [0.4, 0.5) is 5.69 Å². The van der Waals surface area contributed by atoms with E-state index in [-0.39, 0.29) is 36.0 Å². The predicted octanol–water partition coefficient (Wildman–Crippen LogP) is 2.27. The van der Waals surface area contributed by atoms with E-state index in [1.165, 1.54) is 0 Å².